The maximum absolute atomic E-state index is 10.9. The van der Waals surface area contributed by atoms with Crippen LogP contribution in [-0.2, 0) is 4.79 Å². The Kier molecular flexibility index (Phi) is 7.05. The van der Waals surface area contributed by atoms with Crippen LogP contribution < -0.4 is 9.64 Å². The molecule has 0 aromatic heterocycles. The van der Waals surface area contributed by atoms with Gasteiger partial charge in [0.15, 0.2) is 6.61 Å². The van der Waals surface area contributed by atoms with E-state index in [1.807, 2.05) is 6.26 Å². The number of nitrogens with zero attached hydrogens (tertiary/aromatic N) is 2. The van der Waals surface area contributed by atoms with Gasteiger partial charge in [-0.15, -0.1) is 11.8 Å². The van der Waals surface area contributed by atoms with Crippen LogP contribution in [0.15, 0.2) is 41.3 Å². The minimum absolute atomic E-state index is 0.361. The summed E-state index contributed by atoms with van der Waals surface area (Å²) in [5.74, 6) is 5.64. The molecule has 1 saturated heterocycles. The first-order chi connectivity index (χ1) is 14.1. The monoisotopic (exact) mass is 406 g/mol. The number of aliphatic carboxylic acids is 1. The molecule has 1 N–H and O–H groups in total. The van der Waals surface area contributed by atoms with Crippen molar-refractivity contribution in [1.29, 1.82) is 5.26 Å². The zero-order valence-electron chi connectivity index (χ0n) is 16.3. The largest absolute Gasteiger partial charge is 0.481 e. The van der Waals surface area contributed by atoms with Crippen LogP contribution in [0.25, 0.3) is 0 Å². The molecule has 1 heterocycles. The molecular formula is C23H22N2O3S. The minimum atomic E-state index is -1.06. The van der Waals surface area contributed by atoms with Gasteiger partial charge < -0.3 is 14.7 Å². The molecule has 1 aliphatic rings. The van der Waals surface area contributed by atoms with Gasteiger partial charge in [0.05, 0.1) is 22.9 Å². The van der Waals surface area contributed by atoms with E-state index in [1.54, 1.807) is 30.0 Å². The molecule has 29 heavy (non-hydrogen) atoms. The first-order valence-corrected chi connectivity index (χ1v) is 10.7. The van der Waals surface area contributed by atoms with Crippen LogP contribution in [0.4, 0.5) is 5.69 Å². The number of hydrogen-bond acceptors (Lipinski definition) is 5. The fourth-order valence-corrected chi connectivity index (χ4v) is 3.69. The Morgan fingerprint density at radius 3 is 2.59 bits per heavy atom. The maximum Gasteiger partial charge on any atom is 0.341 e. The van der Waals surface area contributed by atoms with E-state index in [2.05, 4.69) is 41.0 Å². The molecule has 0 saturated carbocycles. The quantitative estimate of drug-likeness (QED) is 0.594. The molecule has 0 radical (unpaired) electrons. The number of carboxylic acid groups (broad SMARTS) is 1. The summed E-state index contributed by atoms with van der Waals surface area (Å²) < 4.78 is 5.35. The van der Waals surface area contributed by atoms with Crippen LogP contribution in [0.1, 0.15) is 36.0 Å². The van der Waals surface area contributed by atoms with Gasteiger partial charge in [-0.25, -0.2) is 4.79 Å². The summed E-state index contributed by atoms with van der Waals surface area (Å²) in [6, 6.07) is 13.2. The predicted molar refractivity (Wildman–Crippen MR) is 115 cm³/mol. The van der Waals surface area contributed by atoms with Crippen LogP contribution in [0.3, 0.4) is 0 Å². The number of thioether (sulfide) groups is 1. The van der Waals surface area contributed by atoms with Gasteiger partial charge in [0.2, 0.25) is 0 Å². The minimum Gasteiger partial charge on any atom is -0.481 e. The topological polar surface area (TPSA) is 73.6 Å². The number of hydrogen-bond donors (Lipinski definition) is 1. The van der Waals surface area contributed by atoms with Crippen molar-refractivity contribution in [1.82, 2.24) is 0 Å². The lowest BCUT2D eigenvalue weighted by Gasteiger charge is -2.30. The first-order valence-electron chi connectivity index (χ1n) is 9.44. The third-order valence-electron chi connectivity index (χ3n) is 4.69. The smallest absolute Gasteiger partial charge is 0.341 e. The van der Waals surface area contributed by atoms with Crippen molar-refractivity contribution in [2.75, 3.05) is 30.9 Å². The average Bonchev–Trinajstić information content (AvgIpc) is 2.76. The highest BCUT2D eigenvalue weighted by Crippen LogP contribution is 2.28. The number of rotatable bonds is 5. The molecule has 0 amide bonds. The Hall–Kier alpha value is -3.09. The second-order valence-corrected chi connectivity index (χ2v) is 7.57. The van der Waals surface area contributed by atoms with E-state index >= 15 is 0 Å². The highest BCUT2D eigenvalue weighted by Gasteiger charge is 2.14. The van der Waals surface area contributed by atoms with Crippen LogP contribution in [-0.4, -0.2) is 37.0 Å². The summed E-state index contributed by atoms with van der Waals surface area (Å²) in [5, 5.41) is 18.1. The molecule has 0 unspecified atom stereocenters. The van der Waals surface area contributed by atoms with Crippen molar-refractivity contribution in [3.63, 3.8) is 0 Å². The van der Waals surface area contributed by atoms with Gasteiger partial charge in [-0.3, -0.25) is 0 Å². The second kappa shape index (κ2) is 9.91. The van der Waals surface area contributed by atoms with E-state index in [-0.39, 0.29) is 0 Å². The highest BCUT2D eigenvalue weighted by molar-refractivity contribution is 7.98. The summed E-state index contributed by atoms with van der Waals surface area (Å²) in [4.78, 5) is 14.3. The van der Waals surface area contributed by atoms with Gasteiger partial charge in [0, 0.05) is 23.5 Å². The van der Waals surface area contributed by atoms with E-state index in [9.17, 15) is 10.1 Å². The van der Waals surface area contributed by atoms with Gasteiger partial charge in [-0.2, -0.15) is 5.26 Å². The molecule has 2 aromatic rings. The summed E-state index contributed by atoms with van der Waals surface area (Å²) in [6.07, 6.45) is 5.63. The van der Waals surface area contributed by atoms with Crippen LogP contribution >= 0.6 is 11.8 Å². The number of piperidine rings is 1. The summed E-state index contributed by atoms with van der Waals surface area (Å²) in [7, 11) is 0. The lowest BCUT2D eigenvalue weighted by Crippen LogP contribution is -2.30. The van der Waals surface area contributed by atoms with Crippen molar-refractivity contribution in [2.24, 2.45) is 0 Å². The average molecular weight is 407 g/mol. The molecule has 0 bridgehead atoms. The van der Waals surface area contributed by atoms with E-state index in [4.69, 9.17) is 9.84 Å². The normalized spacial score (nSPS) is 13.2. The Balaban J connectivity index is 2.00. The van der Waals surface area contributed by atoms with Crippen LogP contribution in [0, 0.1) is 23.2 Å². The third-order valence-corrected chi connectivity index (χ3v) is 5.42. The zero-order valence-corrected chi connectivity index (χ0v) is 17.1. The standard InChI is InChI=1S/C23H22N2O3S/c1-29-20-8-9-21(25-11-3-2-4-12-25)18(14-20)6-7-19-13-17(15-24)5-10-22(19)28-16-23(26)27/h5,8-10,13-14H,2-4,11-12,16H2,1H3,(H,26,27). The number of carbonyl (C=O) groups is 1. The fourth-order valence-electron chi connectivity index (χ4n) is 3.25. The molecule has 1 fully saturated rings. The molecule has 6 heteroatoms. The van der Waals surface area contributed by atoms with Gasteiger partial charge in [0.1, 0.15) is 5.75 Å². The first kappa shape index (κ1) is 20.6. The van der Waals surface area contributed by atoms with Gasteiger partial charge >= 0.3 is 5.97 Å². The number of ether oxygens (including phenoxy) is 1. The van der Waals surface area contributed by atoms with Gasteiger partial charge in [-0.05, 0) is 61.9 Å². The Morgan fingerprint density at radius 2 is 1.90 bits per heavy atom. The van der Waals surface area contributed by atoms with Crippen molar-refractivity contribution in [3.8, 4) is 23.7 Å². The number of anilines is 1. The number of benzene rings is 2. The molecule has 0 atom stereocenters. The van der Waals surface area contributed by atoms with E-state index in [0.717, 1.165) is 29.2 Å². The molecule has 0 spiro atoms. The van der Waals surface area contributed by atoms with Crippen molar-refractivity contribution in [3.05, 3.63) is 53.1 Å². The summed E-state index contributed by atoms with van der Waals surface area (Å²) in [6.45, 7) is 1.58. The number of nitriles is 1. The predicted octanol–water partition coefficient (Wildman–Crippen LogP) is 4.13. The maximum atomic E-state index is 10.9. The molecule has 5 nitrogen and oxygen atoms in total. The van der Waals surface area contributed by atoms with Crippen LogP contribution in [0.2, 0.25) is 0 Å². The molecule has 148 valence electrons. The van der Waals surface area contributed by atoms with E-state index < -0.39 is 12.6 Å². The summed E-state index contributed by atoms with van der Waals surface area (Å²) in [5.41, 5.74) is 2.99. The lowest BCUT2D eigenvalue weighted by atomic mass is 10.1. The third kappa shape index (κ3) is 5.47. The van der Waals surface area contributed by atoms with Gasteiger partial charge in [-0.1, -0.05) is 11.8 Å². The van der Waals surface area contributed by atoms with Crippen molar-refractivity contribution < 1.29 is 14.6 Å². The SMILES string of the molecule is CSc1ccc(N2CCCCC2)c(C#Cc2cc(C#N)ccc2OCC(=O)O)c1. The second-order valence-electron chi connectivity index (χ2n) is 6.69. The van der Waals surface area contributed by atoms with E-state index in [0.29, 0.717) is 16.9 Å². The molecule has 1 aliphatic heterocycles. The van der Waals surface area contributed by atoms with Crippen molar-refractivity contribution >= 4 is 23.4 Å². The molecule has 2 aromatic carbocycles. The molecule has 0 aliphatic carbocycles. The van der Waals surface area contributed by atoms with Crippen LogP contribution in [0.5, 0.6) is 5.75 Å². The van der Waals surface area contributed by atoms with E-state index in [1.165, 1.54) is 19.3 Å². The molecular weight excluding hydrogens is 384 g/mol. The lowest BCUT2D eigenvalue weighted by molar-refractivity contribution is -0.139. The number of carboxylic acids is 1. The summed E-state index contributed by atoms with van der Waals surface area (Å²) >= 11 is 1.66. The Bertz CT molecular complexity index is 995. The highest BCUT2D eigenvalue weighted by atomic mass is 32.2. The fraction of sp³-hybridized carbons (Fsp3) is 0.304. The van der Waals surface area contributed by atoms with Gasteiger partial charge in [0.25, 0.3) is 0 Å². The molecule has 3 rings (SSSR count). The Labute approximate surface area is 175 Å². The Morgan fingerprint density at radius 1 is 1.14 bits per heavy atom. The zero-order chi connectivity index (χ0) is 20.6. The van der Waals surface area contributed by atoms with Crippen molar-refractivity contribution in [2.45, 2.75) is 24.2 Å².